The fourth-order valence-corrected chi connectivity index (χ4v) is 2.03. The lowest BCUT2D eigenvalue weighted by Crippen LogP contribution is -2.41. The van der Waals surface area contributed by atoms with Crippen molar-refractivity contribution < 1.29 is 14.1 Å². The Labute approximate surface area is 127 Å². The minimum atomic E-state index is -0.411. The van der Waals surface area contributed by atoms with Crippen molar-refractivity contribution in [1.82, 2.24) is 0 Å². The Kier molecular flexibility index (Phi) is 4.18. The maximum absolute atomic E-state index is 11.8. The summed E-state index contributed by atoms with van der Waals surface area (Å²) in [5.41, 5.74) is 0.945. The van der Waals surface area contributed by atoms with E-state index in [9.17, 15) is 4.79 Å². The van der Waals surface area contributed by atoms with Crippen molar-refractivity contribution in [2.24, 2.45) is 5.92 Å². The predicted molar refractivity (Wildman–Crippen MR) is 85.6 cm³/mol. The molecule has 1 aromatic rings. The van der Waals surface area contributed by atoms with Crippen LogP contribution in [-0.4, -0.2) is 24.2 Å². The quantitative estimate of drug-likeness (QED) is 0.870. The Bertz CT molecular complexity index is 524. The Balaban J connectivity index is 2.18. The molecule has 0 atom stereocenters. The Morgan fingerprint density at radius 1 is 1.14 bits per heavy atom. The van der Waals surface area contributed by atoms with Gasteiger partial charge in [0.2, 0.25) is 5.91 Å². The van der Waals surface area contributed by atoms with Gasteiger partial charge in [0.15, 0.2) is 0 Å². The van der Waals surface area contributed by atoms with E-state index in [0.29, 0.717) is 0 Å². The fraction of sp³-hybridized carbons (Fsp3) is 0.562. The third-order valence-electron chi connectivity index (χ3n) is 4.20. The van der Waals surface area contributed by atoms with Gasteiger partial charge in [0.25, 0.3) is 0 Å². The lowest BCUT2D eigenvalue weighted by molar-refractivity contribution is -0.118. The van der Waals surface area contributed by atoms with Gasteiger partial charge >= 0.3 is 7.12 Å². The third-order valence-corrected chi connectivity index (χ3v) is 4.20. The average Bonchev–Trinajstić information content (AvgIpc) is 2.58. The zero-order valence-electron chi connectivity index (χ0n) is 13.7. The summed E-state index contributed by atoms with van der Waals surface area (Å²) in [6.45, 7) is 11.8. The summed E-state index contributed by atoms with van der Waals surface area (Å²) >= 11 is 0. The van der Waals surface area contributed by atoms with Gasteiger partial charge in [-0.25, -0.2) is 0 Å². The molecule has 0 unspecified atom stereocenters. The van der Waals surface area contributed by atoms with Gasteiger partial charge in [-0.2, -0.15) is 0 Å². The van der Waals surface area contributed by atoms with E-state index < -0.39 is 7.12 Å². The summed E-state index contributed by atoms with van der Waals surface area (Å²) in [5.74, 6) is -0.0495. The Morgan fingerprint density at radius 2 is 1.71 bits per heavy atom. The standard InChI is InChI=1S/C16H24BNO3/c1-11(2)14(19)18-13-9-7-8-12(10-13)17-20-15(3,4)16(5,6)21-17/h7-11H,1-6H3,(H,18,19). The number of nitrogens with one attached hydrogen (secondary N) is 1. The van der Waals surface area contributed by atoms with E-state index in [1.807, 2.05) is 65.8 Å². The lowest BCUT2D eigenvalue weighted by atomic mass is 9.79. The molecule has 1 aromatic carbocycles. The van der Waals surface area contributed by atoms with Crippen LogP contribution in [0.25, 0.3) is 0 Å². The van der Waals surface area contributed by atoms with Gasteiger partial charge in [-0.15, -0.1) is 0 Å². The molecule has 0 spiro atoms. The van der Waals surface area contributed by atoms with E-state index in [2.05, 4.69) is 5.32 Å². The molecule has 1 saturated heterocycles. The van der Waals surface area contributed by atoms with Crippen LogP contribution in [0.15, 0.2) is 24.3 Å². The zero-order valence-corrected chi connectivity index (χ0v) is 13.7. The summed E-state index contributed by atoms with van der Waals surface area (Å²) in [6, 6.07) is 7.63. The molecule has 114 valence electrons. The van der Waals surface area contributed by atoms with Crippen LogP contribution in [-0.2, 0) is 14.1 Å². The van der Waals surface area contributed by atoms with Gasteiger partial charge in [-0.05, 0) is 45.3 Å². The Hall–Kier alpha value is -1.33. The van der Waals surface area contributed by atoms with E-state index in [-0.39, 0.29) is 23.0 Å². The SMILES string of the molecule is CC(C)C(=O)Nc1cccc(B2OC(C)(C)C(C)(C)O2)c1. The van der Waals surface area contributed by atoms with E-state index in [1.54, 1.807) is 0 Å². The first-order valence-corrected chi connectivity index (χ1v) is 7.39. The topological polar surface area (TPSA) is 47.6 Å². The highest BCUT2D eigenvalue weighted by Crippen LogP contribution is 2.36. The second-order valence-corrected chi connectivity index (χ2v) is 6.86. The molecule has 1 fully saturated rings. The number of rotatable bonds is 3. The second-order valence-electron chi connectivity index (χ2n) is 6.86. The van der Waals surface area contributed by atoms with Gasteiger partial charge < -0.3 is 14.6 Å². The number of hydrogen-bond donors (Lipinski definition) is 1. The van der Waals surface area contributed by atoms with Crippen molar-refractivity contribution in [3.8, 4) is 0 Å². The largest absolute Gasteiger partial charge is 0.494 e. The molecule has 0 aliphatic carbocycles. The summed E-state index contributed by atoms with van der Waals surface area (Å²) < 4.78 is 12.0. The van der Waals surface area contributed by atoms with Gasteiger partial charge in [0.05, 0.1) is 11.2 Å². The molecule has 21 heavy (non-hydrogen) atoms. The molecule has 0 aromatic heterocycles. The molecular weight excluding hydrogens is 265 g/mol. The maximum Gasteiger partial charge on any atom is 0.494 e. The molecule has 5 heteroatoms. The molecule has 0 saturated carbocycles. The van der Waals surface area contributed by atoms with Crippen LogP contribution in [0, 0.1) is 5.92 Å². The van der Waals surface area contributed by atoms with E-state index >= 15 is 0 Å². The third kappa shape index (κ3) is 3.30. The van der Waals surface area contributed by atoms with Crippen LogP contribution >= 0.6 is 0 Å². The van der Waals surface area contributed by atoms with Crippen LogP contribution in [0.1, 0.15) is 41.5 Å². The van der Waals surface area contributed by atoms with Crippen LogP contribution in [0.4, 0.5) is 5.69 Å². The molecule has 1 amide bonds. The van der Waals surface area contributed by atoms with Gasteiger partial charge in [0.1, 0.15) is 0 Å². The molecular formula is C16H24BNO3. The van der Waals surface area contributed by atoms with E-state index in [4.69, 9.17) is 9.31 Å². The minimum absolute atomic E-state index is 0.000989. The summed E-state index contributed by atoms with van der Waals surface area (Å²) in [4.78, 5) is 11.8. The Morgan fingerprint density at radius 3 is 2.24 bits per heavy atom. The highest BCUT2D eigenvalue weighted by atomic mass is 16.7. The molecule has 2 rings (SSSR count). The molecule has 1 aliphatic heterocycles. The first kappa shape index (κ1) is 16.1. The number of amides is 1. The van der Waals surface area contributed by atoms with Crippen molar-refractivity contribution in [3.05, 3.63) is 24.3 Å². The van der Waals surface area contributed by atoms with Crippen molar-refractivity contribution in [2.45, 2.75) is 52.7 Å². The summed E-state index contributed by atoms with van der Waals surface area (Å²) in [6.07, 6.45) is 0. The van der Waals surface area contributed by atoms with Gasteiger partial charge in [0, 0.05) is 11.6 Å². The molecule has 4 nitrogen and oxygen atoms in total. The normalized spacial score (nSPS) is 19.9. The van der Waals surface area contributed by atoms with Crippen molar-refractivity contribution in [3.63, 3.8) is 0 Å². The summed E-state index contributed by atoms with van der Waals surface area (Å²) in [7, 11) is -0.411. The first-order valence-electron chi connectivity index (χ1n) is 7.39. The molecule has 1 N–H and O–H groups in total. The fourth-order valence-electron chi connectivity index (χ4n) is 2.03. The monoisotopic (exact) mass is 289 g/mol. The number of benzene rings is 1. The first-order chi connectivity index (χ1) is 9.62. The van der Waals surface area contributed by atoms with Crippen molar-refractivity contribution in [1.29, 1.82) is 0 Å². The molecule has 0 bridgehead atoms. The van der Waals surface area contributed by atoms with Gasteiger partial charge in [-0.1, -0.05) is 26.0 Å². The van der Waals surface area contributed by atoms with Crippen molar-refractivity contribution in [2.75, 3.05) is 5.32 Å². The summed E-state index contributed by atoms with van der Waals surface area (Å²) in [5, 5.41) is 2.90. The molecule has 0 radical (unpaired) electrons. The smallest absolute Gasteiger partial charge is 0.399 e. The highest BCUT2D eigenvalue weighted by molar-refractivity contribution is 6.62. The van der Waals surface area contributed by atoms with E-state index in [1.165, 1.54) is 0 Å². The second kappa shape index (κ2) is 5.46. The lowest BCUT2D eigenvalue weighted by Gasteiger charge is -2.32. The van der Waals surface area contributed by atoms with E-state index in [0.717, 1.165) is 11.2 Å². The molecule has 1 aliphatic rings. The number of anilines is 1. The number of hydrogen-bond acceptors (Lipinski definition) is 3. The molecule has 1 heterocycles. The van der Waals surface area contributed by atoms with Crippen molar-refractivity contribution >= 4 is 24.2 Å². The van der Waals surface area contributed by atoms with Crippen LogP contribution in [0.5, 0.6) is 0 Å². The van der Waals surface area contributed by atoms with Gasteiger partial charge in [-0.3, -0.25) is 4.79 Å². The van der Waals surface area contributed by atoms with Crippen LogP contribution in [0.3, 0.4) is 0 Å². The number of carbonyl (C=O) groups is 1. The van der Waals surface area contributed by atoms with Crippen LogP contribution in [0.2, 0.25) is 0 Å². The highest BCUT2D eigenvalue weighted by Gasteiger charge is 2.51. The maximum atomic E-state index is 11.8. The van der Waals surface area contributed by atoms with Crippen LogP contribution < -0.4 is 10.8 Å². The zero-order chi connectivity index (χ0) is 15.8. The average molecular weight is 289 g/mol. The minimum Gasteiger partial charge on any atom is -0.399 e. The predicted octanol–water partition coefficient (Wildman–Crippen LogP) is 2.58. The number of carbonyl (C=O) groups excluding carboxylic acids is 1.